The maximum absolute atomic E-state index is 12.4. The zero-order valence-corrected chi connectivity index (χ0v) is 14.5. The topological polar surface area (TPSA) is 122 Å². The van der Waals surface area contributed by atoms with E-state index in [0.29, 0.717) is 0 Å². The van der Waals surface area contributed by atoms with E-state index in [-0.39, 0.29) is 36.6 Å². The summed E-state index contributed by atoms with van der Waals surface area (Å²) < 4.78 is 36.5. The summed E-state index contributed by atoms with van der Waals surface area (Å²) in [5.41, 5.74) is 0.119. The minimum absolute atomic E-state index is 0.0363. The van der Waals surface area contributed by atoms with Crippen LogP contribution in [0.5, 0.6) is 0 Å². The van der Waals surface area contributed by atoms with Gasteiger partial charge in [0.2, 0.25) is 5.91 Å². The van der Waals surface area contributed by atoms with Crippen molar-refractivity contribution in [1.82, 2.24) is 9.62 Å². The molecule has 2 amide bonds. The highest BCUT2D eigenvalue weighted by atomic mass is 32.2. The number of nitrogens with one attached hydrogen (secondary N) is 1. The first-order valence-corrected chi connectivity index (χ1v) is 9.70. The number of amides is 2. The Morgan fingerprint density at radius 2 is 1.96 bits per heavy atom. The number of carbonyl (C=O) groups excluding carboxylic acids is 2. The van der Waals surface area contributed by atoms with Gasteiger partial charge in [0.05, 0.1) is 24.8 Å². The number of nitrogens with zero attached hydrogens (tertiary/aromatic N) is 1. The number of sulfonamides is 1. The summed E-state index contributed by atoms with van der Waals surface area (Å²) in [6.07, 6.45) is -1.77. The number of hydrogen-bond donors (Lipinski definition) is 2. The van der Waals surface area contributed by atoms with Crippen LogP contribution in [-0.4, -0.2) is 73.8 Å². The normalized spacial score (nSPS) is 31.7. The predicted molar refractivity (Wildman–Crippen MR) is 86.7 cm³/mol. The molecule has 140 valence electrons. The quantitative estimate of drug-likeness (QED) is 0.675. The van der Waals surface area contributed by atoms with Crippen molar-refractivity contribution in [2.24, 2.45) is 0 Å². The molecule has 2 fully saturated rings. The molecule has 9 nitrogen and oxygen atoms in total. The molecule has 0 aliphatic carbocycles. The average molecular weight is 382 g/mol. The summed E-state index contributed by atoms with van der Waals surface area (Å²) in [6, 6.07) is 5.56. The van der Waals surface area contributed by atoms with E-state index in [1.165, 1.54) is 12.1 Å². The fourth-order valence-corrected chi connectivity index (χ4v) is 5.11. The molecular formula is C16H18N2O7S. The summed E-state index contributed by atoms with van der Waals surface area (Å²) in [6.45, 7) is 0.123. The number of fused-ring (bicyclic) bond motifs is 2. The van der Waals surface area contributed by atoms with Crippen molar-refractivity contribution >= 4 is 21.8 Å². The number of carbonyl (C=O) groups is 2. The molecular weight excluding hydrogens is 364 g/mol. The third kappa shape index (κ3) is 2.69. The van der Waals surface area contributed by atoms with E-state index in [1.54, 1.807) is 12.1 Å². The molecule has 0 bridgehead atoms. The Labute approximate surface area is 149 Å². The van der Waals surface area contributed by atoms with Crippen LogP contribution < -0.4 is 5.32 Å². The molecule has 10 heteroatoms. The van der Waals surface area contributed by atoms with E-state index < -0.39 is 46.2 Å². The average Bonchev–Trinajstić information content (AvgIpc) is 3.23. The van der Waals surface area contributed by atoms with E-state index >= 15 is 0 Å². The summed E-state index contributed by atoms with van der Waals surface area (Å²) in [7, 11) is -3.92. The van der Waals surface area contributed by atoms with Gasteiger partial charge in [0.15, 0.2) is 0 Å². The second kappa shape index (κ2) is 6.31. The van der Waals surface area contributed by atoms with Gasteiger partial charge in [-0.3, -0.25) is 9.59 Å². The van der Waals surface area contributed by atoms with Crippen molar-refractivity contribution in [2.75, 3.05) is 19.8 Å². The first kappa shape index (κ1) is 17.4. The van der Waals surface area contributed by atoms with Gasteiger partial charge >= 0.3 is 0 Å². The number of aliphatic hydroxyl groups excluding tert-OH is 1. The molecule has 3 heterocycles. The highest BCUT2D eigenvalue weighted by Crippen LogP contribution is 2.30. The lowest BCUT2D eigenvalue weighted by Crippen LogP contribution is -2.45. The Bertz CT molecular complexity index is 856. The molecule has 0 aromatic heterocycles. The molecule has 3 aliphatic rings. The number of benzene rings is 1. The second-order valence-corrected chi connectivity index (χ2v) is 8.30. The number of hydrogen-bond acceptors (Lipinski definition) is 7. The SMILES string of the molecule is O=C(CCN1C(=O)c2ccccc2S1(=O)=O)N[C@H]1CO[C@H]2[C@@H]1OC[C@@H]2O. The lowest BCUT2D eigenvalue weighted by atomic mass is 10.1. The maximum atomic E-state index is 12.4. The molecule has 0 spiro atoms. The van der Waals surface area contributed by atoms with Crippen molar-refractivity contribution in [1.29, 1.82) is 0 Å². The first-order valence-electron chi connectivity index (χ1n) is 8.26. The van der Waals surface area contributed by atoms with Gasteiger partial charge in [0, 0.05) is 13.0 Å². The van der Waals surface area contributed by atoms with Gasteiger partial charge < -0.3 is 19.9 Å². The fraction of sp³-hybridized carbons (Fsp3) is 0.500. The molecule has 1 aromatic carbocycles. The molecule has 4 rings (SSSR count). The lowest BCUT2D eigenvalue weighted by Gasteiger charge is -2.19. The lowest BCUT2D eigenvalue weighted by molar-refractivity contribution is -0.122. The Morgan fingerprint density at radius 1 is 1.23 bits per heavy atom. The fourth-order valence-electron chi connectivity index (χ4n) is 3.54. The first-order chi connectivity index (χ1) is 12.4. The predicted octanol–water partition coefficient (Wildman–Crippen LogP) is -1.14. The molecule has 0 saturated carbocycles. The highest BCUT2D eigenvalue weighted by molar-refractivity contribution is 7.90. The van der Waals surface area contributed by atoms with Crippen molar-refractivity contribution in [2.45, 2.75) is 35.7 Å². The third-order valence-electron chi connectivity index (χ3n) is 4.83. The van der Waals surface area contributed by atoms with E-state index in [4.69, 9.17) is 9.47 Å². The van der Waals surface area contributed by atoms with Crippen molar-refractivity contribution in [3.63, 3.8) is 0 Å². The van der Waals surface area contributed by atoms with Crippen LogP contribution in [-0.2, 0) is 24.3 Å². The largest absolute Gasteiger partial charge is 0.388 e. The number of rotatable bonds is 4. The number of aliphatic hydroxyl groups is 1. The van der Waals surface area contributed by atoms with Gasteiger partial charge in [-0.25, -0.2) is 12.7 Å². The van der Waals surface area contributed by atoms with Crippen LogP contribution in [0.4, 0.5) is 0 Å². The summed E-state index contributed by atoms with van der Waals surface area (Å²) in [5, 5.41) is 12.4. The Balaban J connectivity index is 1.38. The van der Waals surface area contributed by atoms with Crippen LogP contribution in [0.15, 0.2) is 29.2 Å². The monoisotopic (exact) mass is 382 g/mol. The minimum atomic E-state index is -3.92. The molecule has 26 heavy (non-hydrogen) atoms. The van der Waals surface area contributed by atoms with Crippen LogP contribution >= 0.6 is 0 Å². The van der Waals surface area contributed by atoms with Gasteiger partial charge in [-0.1, -0.05) is 12.1 Å². The molecule has 4 atom stereocenters. The molecule has 1 aromatic rings. The molecule has 2 N–H and O–H groups in total. The van der Waals surface area contributed by atoms with Gasteiger partial charge in [0.1, 0.15) is 23.2 Å². The van der Waals surface area contributed by atoms with E-state index in [0.717, 1.165) is 4.31 Å². The Hall–Kier alpha value is -2.01. The molecule has 3 aliphatic heterocycles. The van der Waals surface area contributed by atoms with Gasteiger partial charge in [0.25, 0.3) is 15.9 Å². The summed E-state index contributed by atoms with van der Waals surface area (Å²) in [5.74, 6) is -1.04. The van der Waals surface area contributed by atoms with E-state index in [2.05, 4.69) is 5.32 Å². The second-order valence-electron chi connectivity index (χ2n) is 6.47. The van der Waals surface area contributed by atoms with Crippen molar-refractivity contribution in [3.8, 4) is 0 Å². The standard InChI is InChI=1S/C16H18N2O7S/c19-11-8-25-14-10(7-24-15(11)14)17-13(20)5-6-18-16(21)9-3-1-2-4-12(9)26(18,22)23/h1-4,10-11,14-15,19H,5-8H2,(H,17,20)/t10-,11-,14+,15+/m0/s1. The van der Waals surface area contributed by atoms with Crippen LogP contribution in [0.2, 0.25) is 0 Å². The zero-order valence-electron chi connectivity index (χ0n) is 13.7. The number of ether oxygens (including phenoxy) is 2. The van der Waals surface area contributed by atoms with Crippen LogP contribution in [0, 0.1) is 0 Å². The molecule has 0 unspecified atom stereocenters. The van der Waals surface area contributed by atoms with Crippen molar-refractivity contribution in [3.05, 3.63) is 29.8 Å². The van der Waals surface area contributed by atoms with Gasteiger partial charge in [-0.15, -0.1) is 0 Å². The highest BCUT2D eigenvalue weighted by Gasteiger charge is 2.47. The van der Waals surface area contributed by atoms with E-state index in [9.17, 15) is 23.1 Å². The Kier molecular flexibility index (Phi) is 4.22. The summed E-state index contributed by atoms with van der Waals surface area (Å²) in [4.78, 5) is 24.5. The van der Waals surface area contributed by atoms with E-state index in [1.807, 2.05) is 0 Å². The molecule has 0 radical (unpaired) electrons. The zero-order chi connectivity index (χ0) is 18.5. The smallest absolute Gasteiger partial charge is 0.269 e. The van der Waals surface area contributed by atoms with Crippen LogP contribution in [0.1, 0.15) is 16.8 Å². The molecule has 2 saturated heterocycles. The van der Waals surface area contributed by atoms with Crippen molar-refractivity contribution < 1.29 is 32.6 Å². The van der Waals surface area contributed by atoms with Crippen LogP contribution in [0.25, 0.3) is 0 Å². The third-order valence-corrected chi connectivity index (χ3v) is 6.67. The van der Waals surface area contributed by atoms with Gasteiger partial charge in [-0.05, 0) is 12.1 Å². The van der Waals surface area contributed by atoms with Gasteiger partial charge in [-0.2, -0.15) is 0 Å². The summed E-state index contributed by atoms with van der Waals surface area (Å²) >= 11 is 0. The Morgan fingerprint density at radius 3 is 2.73 bits per heavy atom. The van der Waals surface area contributed by atoms with Crippen LogP contribution in [0.3, 0.4) is 0 Å². The maximum Gasteiger partial charge on any atom is 0.269 e. The minimum Gasteiger partial charge on any atom is -0.388 e.